The van der Waals surface area contributed by atoms with Crippen LogP contribution < -0.4 is 0 Å². The van der Waals surface area contributed by atoms with Crippen LogP contribution in [0.2, 0.25) is 0 Å². The molecule has 0 spiro atoms. The van der Waals surface area contributed by atoms with Crippen molar-refractivity contribution < 1.29 is 9.59 Å². The molecule has 3 aromatic carbocycles. The molecule has 190 valence electrons. The van der Waals surface area contributed by atoms with Crippen LogP contribution in [0.1, 0.15) is 52.4 Å². The van der Waals surface area contributed by atoms with Crippen LogP contribution in [0.15, 0.2) is 79.0 Å². The molecule has 1 heterocycles. The number of hydrogen-bond donors (Lipinski definition) is 1. The van der Waals surface area contributed by atoms with Gasteiger partial charge in [0, 0.05) is 41.8 Å². The first-order chi connectivity index (χ1) is 18.0. The average Bonchev–Trinajstić information content (AvgIpc) is 3.69. The quantitative estimate of drug-likeness (QED) is 0.298. The molecule has 0 radical (unpaired) electrons. The highest BCUT2D eigenvalue weighted by molar-refractivity contribution is 5.97. The van der Waals surface area contributed by atoms with E-state index < -0.39 is 0 Å². The molecule has 1 aromatic heterocycles. The van der Waals surface area contributed by atoms with Crippen molar-refractivity contribution in [2.24, 2.45) is 0 Å². The number of para-hydroxylation sites is 1. The van der Waals surface area contributed by atoms with Gasteiger partial charge >= 0.3 is 0 Å². The van der Waals surface area contributed by atoms with E-state index in [1.165, 1.54) is 22.1 Å². The number of hydrogen-bond acceptors (Lipinski definition) is 2. The fourth-order valence-electron chi connectivity index (χ4n) is 4.85. The Morgan fingerprint density at radius 3 is 2.32 bits per heavy atom. The van der Waals surface area contributed by atoms with Gasteiger partial charge in [-0.3, -0.25) is 9.59 Å². The number of rotatable bonds is 10. The summed E-state index contributed by atoms with van der Waals surface area (Å²) < 4.78 is 0. The first kappa shape index (κ1) is 24.8. The Morgan fingerprint density at radius 1 is 0.919 bits per heavy atom. The predicted octanol–water partition coefficient (Wildman–Crippen LogP) is 5.91. The fraction of sp³-hybridized carbons (Fsp3) is 0.312. The van der Waals surface area contributed by atoms with Crippen molar-refractivity contribution in [2.45, 2.75) is 52.1 Å². The number of fused-ring (bicyclic) bond motifs is 1. The highest BCUT2D eigenvalue weighted by Crippen LogP contribution is 2.29. The number of amides is 2. The third-order valence-electron chi connectivity index (χ3n) is 7.34. The van der Waals surface area contributed by atoms with Gasteiger partial charge in [-0.1, -0.05) is 67.1 Å². The lowest BCUT2D eigenvalue weighted by molar-refractivity contribution is -0.132. The summed E-state index contributed by atoms with van der Waals surface area (Å²) in [5.74, 6) is -0.0590. The maximum atomic E-state index is 13.7. The standard InChI is InChI=1S/C32H35N3O2/c1-3-24-12-14-26(15-13-24)32(37)35(28-16-17-28)22-31(36)34(21-25-10-8-23(2)9-11-25)19-18-27-20-33-30-7-5-4-6-29(27)30/h4-15,20,28,33H,3,16-19,21-22H2,1-2H3. The van der Waals surface area contributed by atoms with Crippen LogP contribution in [-0.4, -0.2) is 45.7 Å². The lowest BCUT2D eigenvalue weighted by Crippen LogP contribution is -2.44. The van der Waals surface area contributed by atoms with Crippen LogP contribution in [0.4, 0.5) is 0 Å². The number of benzene rings is 3. The van der Waals surface area contributed by atoms with Crippen LogP contribution in [0.25, 0.3) is 10.9 Å². The van der Waals surface area contributed by atoms with E-state index in [0.29, 0.717) is 18.7 Å². The summed E-state index contributed by atoms with van der Waals surface area (Å²) in [5, 5.41) is 1.19. The van der Waals surface area contributed by atoms with Gasteiger partial charge in [0.15, 0.2) is 0 Å². The van der Waals surface area contributed by atoms with Crippen molar-refractivity contribution in [2.75, 3.05) is 13.1 Å². The molecular formula is C32H35N3O2. The Bertz CT molecular complexity index is 1370. The van der Waals surface area contributed by atoms with Crippen molar-refractivity contribution in [3.8, 4) is 0 Å². The number of H-pyrrole nitrogens is 1. The molecule has 1 N–H and O–H groups in total. The van der Waals surface area contributed by atoms with Gasteiger partial charge in [0.2, 0.25) is 5.91 Å². The fourth-order valence-corrected chi connectivity index (χ4v) is 4.85. The number of carbonyl (C=O) groups is 2. The second-order valence-electron chi connectivity index (χ2n) is 10.1. The molecule has 1 saturated carbocycles. The lowest BCUT2D eigenvalue weighted by atomic mass is 10.1. The molecule has 37 heavy (non-hydrogen) atoms. The predicted molar refractivity (Wildman–Crippen MR) is 148 cm³/mol. The summed E-state index contributed by atoms with van der Waals surface area (Å²) in [6.07, 6.45) is 5.64. The number of aromatic amines is 1. The smallest absolute Gasteiger partial charge is 0.254 e. The van der Waals surface area contributed by atoms with E-state index in [9.17, 15) is 9.59 Å². The van der Waals surface area contributed by atoms with E-state index >= 15 is 0 Å². The maximum absolute atomic E-state index is 13.7. The second-order valence-corrected chi connectivity index (χ2v) is 10.1. The van der Waals surface area contributed by atoms with Crippen molar-refractivity contribution in [3.63, 3.8) is 0 Å². The van der Waals surface area contributed by atoms with E-state index in [2.05, 4.69) is 55.2 Å². The van der Waals surface area contributed by atoms with Gasteiger partial charge in [0.25, 0.3) is 5.91 Å². The summed E-state index contributed by atoms with van der Waals surface area (Å²) in [7, 11) is 0. The Kier molecular flexibility index (Phi) is 7.40. The lowest BCUT2D eigenvalue weighted by Gasteiger charge is -2.28. The molecule has 2 amide bonds. The van der Waals surface area contributed by atoms with Gasteiger partial charge in [0.1, 0.15) is 6.54 Å². The average molecular weight is 494 g/mol. The second kappa shape index (κ2) is 11.0. The topological polar surface area (TPSA) is 56.4 Å². The summed E-state index contributed by atoms with van der Waals surface area (Å²) in [5.41, 5.74) is 6.45. The van der Waals surface area contributed by atoms with Gasteiger partial charge in [-0.25, -0.2) is 0 Å². The molecule has 1 fully saturated rings. The third kappa shape index (κ3) is 5.93. The molecule has 1 aliphatic carbocycles. The minimum atomic E-state index is -0.0505. The molecule has 0 unspecified atom stereocenters. The van der Waals surface area contributed by atoms with Gasteiger partial charge in [-0.15, -0.1) is 0 Å². The van der Waals surface area contributed by atoms with Crippen LogP contribution in [0, 0.1) is 6.92 Å². The monoisotopic (exact) mass is 493 g/mol. The van der Waals surface area contributed by atoms with Crippen molar-refractivity contribution in [1.82, 2.24) is 14.8 Å². The number of aromatic nitrogens is 1. The Labute approximate surface area is 219 Å². The molecule has 1 aliphatic rings. The zero-order chi connectivity index (χ0) is 25.8. The zero-order valence-electron chi connectivity index (χ0n) is 21.7. The summed E-state index contributed by atoms with van der Waals surface area (Å²) in [6.45, 7) is 5.39. The van der Waals surface area contributed by atoms with E-state index in [-0.39, 0.29) is 24.4 Å². The Balaban J connectivity index is 1.34. The third-order valence-corrected chi connectivity index (χ3v) is 7.34. The minimum Gasteiger partial charge on any atom is -0.361 e. The molecule has 4 aromatic rings. The highest BCUT2D eigenvalue weighted by atomic mass is 16.2. The Morgan fingerprint density at radius 2 is 1.62 bits per heavy atom. The highest BCUT2D eigenvalue weighted by Gasteiger charge is 2.35. The molecule has 0 bridgehead atoms. The van der Waals surface area contributed by atoms with Crippen LogP contribution in [-0.2, 0) is 24.2 Å². The van der Waals surface area contributed by atoms with E-state index in [0.717, 1.165) is 36.8 Å². The molecule has 0 atom stereocenters. The normalized spacial score (nSPS) is 13.0. The SMILES string of the molecule is CCc1ccc(C(=O)N(CC(=O)N(CCc2c[nH]c3ccccc23)Cc2ccc(C)cc2)C2CC2)cc1. The maximum Gasteiger partial charge on any atom is 0.254 e. The van der Waals surface area contributed by atoms with E-state index in [1.807, 2.05) is 47.5 Å². The van der Waals surface area contributed by atoms with Gasteiger partial charge < -0.3 is 14.8 Å². The van der Waals surface area contributed by atoms with Gasteiger partial charge in [-0.2, -0.15) is 0 Å². The number of nitrogens with one attached hydrogen (secondary N) is 1. The summed E-state index contributed by atoms with van der Waals surface area (Å²) >= 11 is 0. The summed E-state index contributed by atoms with van der Waals surface area (Å²) in [6, 6.07) is 24.5. The molecule has 5 nitrogen and oxygen atoms in total. The minimum absolute atomic E-state index is 0.00848. The first-order valence-corrected chi connectivity index (χ1v) is 13.3. The van der Waals surface area contributed by atoms with E-state index in [4.69, 9.17) is 0 Å². The van der Waals surface area contributed by atoms with Crippen molar-refractivity contribution >= 4 is 22.7 Å². The molecule has 5 heteroatoms. The molecular weight excluding hydrogens is 458 g/mol. The Hall–Kier alpha value is -3.86. The molecule has 0 aliphatic heterocycles. The van der Waals surface area contributed by atoms with Gasteiger partial charge in [0.05, 0.1) is 0 Å². The molecule has 5 rings (SSSR count). The number of nitrogens with zero attached hydrogens (tertiary/aromatic N) is 2. The number of carbonyl (C=O) groups excluding carboxylic acids is 2. The van der Waals surface area contributed by atoms with Crippen LogP contribution in [0.3, 0.4) is 0 Å². The zero-order valence-corrected chi connectivity index (χ0v) is 21.7. The first-order valence-electron chi connectivity index (χ1n) is 13.3. The van der Waals surface area contributed by atoms with Crippen LogP contribution in [0.5, 0.6) is 0 Å². The number of aryl methyl sites for hydroxylation is 2. The summed E-state index contributed by atoms with van der Waals surface area (Å²) in [4.78, 5) is 34.2. The van der Waals surface area contributed by atoms with Crippen molar-refractivity contribution in [1.29, 1.82) is 0 Å². The van der Waals surface area contributed by atoms with Crippen LogP contribution >= 0.6 is 0 Å². The van der Waals surface area contributed by atoms with Crippen molar-refractivity contribution in [3.05, 3.63) is 107 Å². The largest absolute Gasteiger partial charge is 0.361 e. The van der Waals surface area contributed by atoms with E-state index in [1.54, 1.807) is 4.90 Å². The van der Waals surface area contributed by atoms with Gasteiger partial charge in [-0.05, 0) is 67.5 Å². The molecule has 0 saturated heterocycles.